The van der Waals surface area contributed by atoms with E-state index in [9.17, 15) is 26.4 Å². The van der Waals surface area contributed by atoms with Crippen LogP contribution in [0, 0.1) is 0 Å². The second kappa shape index (κ2) is 4.53. The number of rotatable bonds is 3. The maximum atomic E-state index is 12.0. The fourth-order valence-electron chi connectivity index (χ4n) is 1.04. The molecule has 0 unspecified atom stereocenters. The first kappa shape index (κ1) is 13.8. The minimum Gasteiger partial charge on any atom is -0.468 e. The third kappa shape index (κ3) is 3.09. The Bertz CT molecular complexity index is 441. The highest BCUT2D eigenvalue weighted by molar-refractivity contribution is 7.87. The van der Waals surface area contributed by atoms with Crippen molar-refractivity contribution in [1.82, 2.24) is 5.32 Å². The molecule has 6 nitrogen and oxygen atoms in total. The predicted octanol–water partition coefficient (Wildman–Crippen LogP) is -0.119. The fourth-order valence-corrected chi connectivity index (χ4v) is 1.53. The van der Waals surface area contributed by atoms with Crippen LogP contribution >= 0.6 is 0 Å². The number of halogens is 3. The number of esters is 1. The molecule has 17 heavy (non-hydrogen) atoms. The van der Waals surface area contributed by atoms with Crippen LogP contribution in [0.2, 0.25) is 0 Å². The molecule has 0 spiro atoms. The van der Waals surface area contributed by atoms with Crippen LogP contribution in [-0.2, 0) is 23.8 Å². The molecule has 1 atom stereocenters. The summed E-state index contributed by atoms with van der Waals surface area (Å²) in [4.78, 5) is 11.0. The maximum absolute atomic E-state index is 12.0. The summed E-state index contributed by atoms with van der Waals surface area (Å²) in [6, 6.07) is -1.02. The Balaban J connectivity index is 2.76. The lowest BCUT2D eigenvalue weighted by Crippen LogP contribution is -2.32. The molecule has 1 aliphatic rings. The highest BCUT2D eigenvalue weighted by Gasteiger charge is 2.49. The quantitative estimate of drug-likeness (QED) is 0.439. The van der Waals surface area contributed by atoms with E-state index in [1.54, 1.807) is 0 Å². The molecule has 10 heteroatoms. The molecular formula is C7H8F3NO5S. The van der Waals surface area contributed by atoms with Gasteiger partial charge in [0.1, 0.15) is 11.8 Å². The maximum Gasteiger partial charge on any atom is 0.534 e. The van der Waals surface area contributed by atoms with Crippen LogP contribution in [-0.4, -0.2) is 39.6 Å². The molecule has 0 aromatic carbocycles. The molecule has 0 bridgehead atoms. The van der Waals surface area contributed by atoms with Gasteiger partial charge in [0.05, 0.1) is 13.7 Å². The molecule has 98 valence electrons. The first-order valence-corrected chi connectivity index (χ1v) is 5.61. The number of nitrogens with one attached hydrogen (secondary N) is 1. The number of carbonyl (C=O) groups is 1. The van der Waals surface area contributed by atoms with Crippen molar-refractivity contribution in [3.05, 3.63) is 11.8 Å². The largest absolute Gasteiger partial charge is 0.534 e. The molecule has 0 fully saturated rings. The molecule has 0 radical (unpaired) electrons. The van der Waals surface area contributed by atoms with Gasteiger partial charge in [0.25, 0.3) is 0 Å². The average Bonchev–Trinajstić information content (AvgIpc) is 2.62. The molecule has 1 rings (SSSR count). The minimum absolute atomic E-state index is 0.310. The van der Waals surface area contributed by atoms with Crippen LogP contribution < -0.4 is 5.32 Å². The van der Waals surface area contributed by atoms with Crippen molar-refractivity contribution < 1.29 is 35.3 Å². The van der Waals surface area contributed by atoms with Crippen LogP contribution in [0.5, 0.6) is 0 Å². The summed E-state index contributed by atoms with van der Waals surface area (Å²) in [6.07, 6.45) is 0.912. The molecule has 1 N–H and O–H groups in total. The second-order valence-electron chi connectivity index (χ2n) is 3.00. The van der Waals surface area contributed by atoms with Crippen molar-refractivity contribution in [2.45, 2.75) is 11.6 Å². The van der Waals surface area contributed by atoms with E-state index < -0.39 is 33.4 Å². The Labute approximate surface area is 94.5 Å². The minimum atomic E-state index is -5.70. The molecule has 0 aromatic rings. The number of carbonyl (C=O) groups excluding carboxylic acids is 1. The molecule has 0 saturated carbocycles. The van der Waals surface area contributed by atoms with Gasteiger partial charge in [-0.15, -0.1) is 0 Å². The Kier molecular flexibility index (Phi) is 3.67. The number of ether oxygens (including phenoxy) is 1. The summed E-state index contributed by atoms with van der Waals surface area (Å²) in [6.45, 7) is -0.310. The first-order chi connectivity index (χ1) is 7.67. The third-order valence-electron chi connectivity index (χ3n) is 1.80. The van der Waals surface area contributed by atoms with E-state index in [0.29, 0.717) is 0 Å². The SMILES string of the molecule is COC(=O)[C@H]1C=C(OS(=O)(=O)C(F)(F)F)CN1. The Morgan fingerprint density at radius 2 is 2.12 bits per heavy atom. The zero-order valence-electron chi connectivity index (χ0n) is 8.45. The Hall–Kier alpha value is -1.29. The summed E-state index contributed by atoms with van der Waals surface area (Å²) in [7, 11) is -4.61. The van der Waals surface area contributed by atoms with E-state index in [4.69, 9.17) is 0 Å². The first-order valence-electron chi connectivity index (χ1n) is 4.20. The van der Waals surface area contributed by atoms with Crippen LogP contribution in [0.1, 0.15) is 0 Å². The highest BCUT2D eigenvalue weighted by atomic mass is 32.2. The van der Waals surface area contributed by atoms with Crippen LogP contribution in [0.25, 0.3) is 0 Å². The van der Waals surface area contributed by atoms with Gasteiger partial charge in [-0.2, -0.15) is 21.6 Å². The van der Waals surface area contributed by atoms with Crippen molar-refractivity contribution in [3.63, 3.8) is 0 Å². The van der Waals surface area contributed by atoms with Gasteiger partial charge in [-0.25, -0.2) is 0 Å². The predicted molar refractivity (Wildman–Crippen MR) is 47.9 cm³/mol. The standard InChI is InChI=1S/C7H8F3NO5S/c1-15-6(12)5-2-4(3-11-5)16-17(13,14)7(8,9)10/h2,5,11H,3H2,1H3/t5-/m1/s1. The molecule has 0 amide bonds. The summed E-state index contributed by atoms with van der Waals surface area (Å²) in [5.74, 6) is -1.26. The van der Waals surface area contributed by atoms with E-state index in [1.165, 1.54) is 0 Å². The van der Waals surface area contributed by atoms with Crippen molar-refractivity contribution in [1.29, 1.82) is 0 Å². The van der Waals surface area contributed by atoms with Crippen molar-refractivity contribution in [2.75, 3.05) is 13.7 Å². The summed E-state index contributed by atoms with van der Waals surface area (Å²) in [5, 5.41) is 2.41. The second-order valence-corrected chi connectivity index (χ2v) is 4.54. The topological polar surface area (TPSA) is 81.7 Å². The number of hydrogen-bond donors (Lipinski definition) is 1. The van der Waals surface area contributed by atoms with Gasteiger partial charge < -0.3 is 8.92 Å². The number of methoxy groups -OCH3 is 1. The van der Waals surface area contributed by atoms with Crippen LogP contribution in [0.3, 0.4) is 0 Å². The lowest BCUT2D eigenvalue weighted by atomic mass is 10.3. The zero-order valence-corrected chi connectivity index (χ0v) is 9.26. The summed E-state index contributed by atoms with van der Waals surface area (Å²) >= 11 is 0. The van der Waals surface area contributed by atoms with Crippen molar-refractivity contribution in [3.8, 4) is 0 Å². The molecular weight excluding hydrogens is 267 g/mol. The van der Waals surface area contributed by atoms with E-state index in [0.717, 1.165) is 13.2 Å². The lowest BCUT2D eigenvalue weighted by molar-refractivity contribution is -0.141. The normalized spacial score (nSPS) is 20.9. The zero-order chi connectivity index (χ0) is 13.3. The van der Waals surface area contributed by atoms with Gasteiger partial charge in [-0.05, 0) is 6.08 Å². The van der Waals surface area contributed by atoms with Gasteiger partial charge in [-0.3, -0.25) is 10.1 Å². The smallest absolute Gasteiger partial charge is 0.468 e. The van der Waals surface area contributed by atoms with Gasteiger partial charge in [0.2, 0.25) is 0 Å². The third-order valence-corrected chi connectivity index (χ3v) is 2.80. The summed E-state index contributed by atoms with van der Waals surface area (Å²) < 4.78 is 65.2. The van der Waals surface area contributed by atoms with Gasteiger partial charge in [0, 0.05) is 0 Å². The van der Waals surface area contributed by atoms with Crippen molar-refractivity contribution in [2.24, 2.45) is 0 Å². The van der Waals surface area contributed by atoms with Gasteiger partial charge in [-0.1, -0.05) is 0 Å². The van der Waals surface area contributed by atoms with E-state index in [2.05, 4.69) is 14.2 Å². The molecule has 0 aliphatic carbocycles. The monoisotopic (exact) mass is 275 g/mol. The lowest BCUT2D eigenvalue weighted by Gasteiger charge is -2.09. The average molecular weight is 275 g/mol. The fraction of sp³-hybridized carbons (Fsp3) is 0.571. The molecule has 1 heterocycles. The highest BCUT2D eigenvalue weighted by Crippen LogP contribution is 2.27. The molecule has 0 aromatic heterocycles. The Morgan fingerprint density at radius 3 is 2.59 bits per heavy atom. The number of alkyl halides is 3. The van der Waals surface area contributed by atoms with Gasteiger partial charge >= 0.3 is 21.6 Å². The number of hydrogen-bond acceptors (Lipinski definition) is 6. The van der Waals surface area contributed by atoms with Crippen LogP contribution in [0.4, 0.5) is 13.2 Å². The molecule has 0 saturated heterocycles. The van der Waals surface area contributed by atoms with E-state index in [-0.39, 0.29) is 6.54 Å². The molecule has 1 aliphatic heterocycles. The Morgan fingerprint density at radius 1 is 1.53 bits per heavy atom. The van der Waals surface area contributed by atoms with Crippen LogP contribution in [0.15, 0.2) is 11.8 Å². The van der Waals surface area contributed by atoms with E-state index in [1.807, 2.05) is 0 Å². The van der Waals surface area contributed by atoms with E-state index >= 15 is 0 Å². The van der Waals surface area contributed by atoms with Crippen molar-refractivity contribution >= 4 is 16.1 Å². The summed E-state index contributed by atoms with van der Waals surface area (Å²) in [5.41, 5.74) is -5.50. The van der Waals surface area contributed by atoms with Gasteiger partial charge in [0.15, 0.2) is 0 Å².